The van der Waals surface area contributed by atoms with Crippen LogP contribution in [0.5, 0.6) is 11.5 Å². The second kappa shape index (κ2) is 13.3. The van der Waals surface area contributed by atoms with Crippen molar-refractivity contribution in [3.63, 3.8) is 0 Å². The maximum atomic E-state index is 13.1. The number of fused-ring (bicyclic) bond motifs is 1. The minimum Gasteiger partial charge on any atom is -0.496 e. The molecule has 4 aromatic rings. The predicted octanol–water partition coefficient (Wildman–Crippen LogP) is 6.30. The fourth-order valence-corrected chi connectivity index (χ4v) is 6.49. The molecular formula is C33H35N3O7S. The van der Waals surface area contributed by atoms with Gasteiger partial charge < -0.3 is 18.8 Å². The van der Waals surface area contributed by atoms with Gasteiger partial charge in [0.1, 0.15) is 22.5 Å². The number of ether oxygens (including phenoxy) is 3. The number of benzene rings is 3. The molecule has 1 aliphatic rings. The van der Waals surface area contributed by atoms with Crippen LogP contribution in [-0.4, -0.2) is 38.2 Å². The second-order valence-electron chi connectivity index (χ2n) is 10.6. The van der Waals surface area contributed by atoms with E-state index in [0.29, 0.717) is 17.9 Å². The second-order valence-corrected chi connectivity index (χ2v) is 12.3. The van der Waals surface area contributed by atoms with Gasteiger partial charge in [-0.15, -0.1) is 0 Å². The van der Waals surface area contributed by atoms with Gasteiger partial charge in [0.05, 0.1) is 13.4 Å². The molecule has 2 amide bonds. The molecular weight excluding hydrogens is 582 g/mol. The number of nitrogens with one attached hydrogen (secondary N) is 2. The van der Waals surface area contributed by atoms with Crippen molar-refractivity contribution in [2.75, 3.05) is 12.4 Å². The summed E-state index contributed by atoms with van der Waals surface area (Å²) in [4.78, 5) is 25.3. The summed E-state index contributed by atoms with van der Waals surface area (Å²) in [6.45, 7) is 1.74. The number of hydrogen-bond donors (Lipinski definition) is 2. The van der Waals surface area contributed by atoms with E-state index < -0.39 is 22.0 Å². The van der Waals surface area contributed by atoms with Crippen LogP contribution in [0.4, 0.5) is 10.5 Å². The van der Waals surface area contributed by atoms with Crippen molar-refractivity contribution in [2.24, 2.45) is 7.05 Å². The summed E-state index contributed by atoms with van der Waals surface area (Å²) in [5.74, 6) is -0.280. The smallest absolute Gasteiger partial charge is 0.411 e. The van der Waals surface area contributed by atoms with Crippen LogP contribution in [0.25, 0.3) is 10.9 Å². The molecule has 10 nitrogen and oxygen atoms in total. The van der Waals surface area contributed by atoms with Gasteiger partial charge in [0.2, 0.25) is 0 Å². The lowest BCUT2D eigenvalue weighted by atomic mass is 10.0. The van der Waals surface area contributed by atoms with Gasteiger partial charge in [0.15, 0.2) is 0 Å². The molecule has 2 N–H and O–H groups in total. The van der Waals surface area contributed by atoms with E-state index in [9.17, 15) is 18.0 Å². The van der Waals surface area contributed by atoms with Crippen LogP contribution in [-0.2, 0) is 28.2 Å². The highest BCUT2D eigenvalue weighted by atomic mass is 32.2. The van der Waals surface area contributed by atoms with Crippen LogP contribution in [0.15, 0.2) is 84.1 Å². The molecule has 230 valence electrons. The monoisotopic (exact) mass is 617 g/mol. The number of para-hydroxylation sites is 1. The molecule has 0 spiro atoms. The van der Waals surface area contributed by atoms with Gasteiger partial charge in [-0.25, -0.2) is 17.9 Å². The number of anilines is 1. The lowest BCUT2D eigenvalue weighted by Crippen LogP contribution is -2.30. The average Bonchev–Trinajstić information content (AvgIpc) is 3.63. The number of carbonyl (C=O) groups is 2. The lowest BCUT2D eigenvalue weighted by molar-refractivity contribution is 0.0980. The normalized spacial score (nSPS) is 13.7. The van der Waals surface area contributed by atoms with Gasteiger partial charge in [0, 0.05) is 41.8 Å². The van der Waals surface area contributed by atoms with E-state index in [1.807, 2.05) is 36.0 Å². The largest absolute Gasteiger partial charge is 0.496 e. The van der Waals surface area contributed by atoms with E-state index in [4.69, 9.17) is 14.2 Å². The summed E-state index contributed by atoms with van der Waals surface area (Å²) in [6, 6.07) is 16.6. The molecule has 1 heterocycles. The first-order valence-electron chi connectivity index (χ1n) is 14.3. The molecule has 1 aromatic heterocycles. The minimum atomic E-state index is -4.23. The topological polar surface area (TPSA) is 125 Å². The van der Waals surface area contributed by atoms with E-state index in [1.54, 1.807) is 37.3 Å². The Morgan fingerprint density at radius 2 is 1.77 bits per heavy atom. The van der Waals surface area contributed by atoms with E-state index in [2.05, 4.69) is 10.0 Å². The molecule has 0 unspecified atom stereocenters. The number of rotatable bonds is 10. The summed E-state index contributed by atoms with van der Waals surface area (Å²) >= 11 is 0. The maximum absolute atomic E-state index is 13.1. The Kier molecular flexibility index (Phi) is 9.24. The van der Waals surface area contributed by atoms with Crippen LogP contribution in [0.1, 0.15) is 54.1 Å². The fraction of sp³-hybridized carbons (Fsp3) is 0.273. The number of carbonyl (C=O) groups excluding carboxylic acids is 2. The van der Waals surface area contributed by atoms with Crippen LogP contribution in [0, 0.1) is 0 Å². The van der Waals surface area contributed by atoms with Gasteiger partial charge in [-0.05, 0) is 86.2 Å². The zero-order chi connectivity index (χ0) is 31.3. The van der Waals surface area contributed by atoms with Crippen molar-refractivity contribution >= 4 is 38.6 Å². The number of allylic oxidation sites excluding steroid dienone is 1. The highest BCUT2D eigenvalue weighted by Gasteiger charge is 2.24. The van der Waals surface area contributed by atoms with Crippen molar-refractivity contribution in [1.82, 2.24) is 9.29 Å². The first-order valence-corrected chi connectivity index (χ1v) is 15.8. The molecule has 11 heteroatoms. The molecule has 0 radical (unpaired) electrons. The Hall–Kier alpha value is -4.77. The van der Waals surface area contributed by atoms with Crippen molar-refractivity contribution in [3.8, 4) is 11.5 Å². The molecule has 44 heavy (non-hydrogen) atoms. The molecule has 0 aliphatic heterocycles. The standard InChI is InChI=1S/C33H35N3O7S/c1-4-17-42-29-11-7-8-12-31(29)44(39,40)35-32(37)23-14-13-22(30(19-23)41-3)18-24-21-36(2)28-16-15-25(20-27(24)28)34-33(38)43-26-9-5-6-10-26/h4,7-8,11-17,19-21,26H,5-6,9-10,18H2,1-3H3,(H,34,38)(H,35,37). The summed E-state index contributed by atoms with van der Waals surface area (Å²) in [7, 11) is -0.791. The maximum Gasteiger partial charge on any atom is 0.411 e. The Balaban J connectivity index is 1.34. The van der Waals surface area contributed by atoms with Gasteiger partial charge in [-0.3, -0.25) is 10.1 Å². The number of sulfonamides is 1. The van der Waals surface area contributed by atoms with Crippen molar-refractivity contribution in [3.05, 3.63) is 95.9 Å². The van der Waals surface area contributed by atoms with E-state index in [1.165, 1.54) is 31.6 Å². The highest BCUT2D eigenvalue weighted by molar-refractivity contribution is 7.90. The Morgan fingerprint density at radius 3 is 2.52 bits per heavy atom. The third-order valence-electron chi connectivity index (χ3n) is 7.52. The zero-order valence-corrected chi connectivity index (χ0v) is 25.6. The number of nitrogens with zero attached hydrogens (tertiary/aromatic N) is 1. The number of amides is 2. The van der Waals surface area contributed by atoms with Gasteiger partial charge >= 0.3 is 6.09 Å². The molecule has 1 fully saturated rings. The van der Waals surface area contributed by atoms with E-state index in [-0.39, 0.29) is 22.3 Å². The van der Waals surface area contributed by atoms with E-state index in [0.717, 1.165) is 47.7 Å². The summed E-state index contributed by atoms with van der Waals surface area (Å²) < 4.78 is 46.8. The number of aryl methyl sites for hydroxylation is 1. The predicted molar refractivity (Wildman–Crippen MR) is 168 cm³/mol. The molecule has 3 aromatic carbocycles. The van der Waals surface area contributed by atoms with Crippen molar-refractivity contribution in [2.45, 2.75) is 50.0 Å². The lowest BCUT2D eigenvalue weighted by Gasteiger charge is -2.13. The Morgan fingerprint density at radius 1 is 1.00 bits per heavy atom. The van der Waals surface area contributed by atoms with Gasteiger partial charge in [-0.1, -0.05) is 24.3 Å². The quantitative estimate of drug-likeness (QED) is 0.200. The summed E-state index contributed by atoms with van der Waals surface area (Å²) in [5, 5.41) is 3.79. The Bertz CT molecular complexity index is 1820. The molecule has 5 rings (SSSR count). The first kappa shape index (κ1) is 30.7. The number of hydrogen-bond acceptors (Lipinski definition) is 7. The first-order chi connectivity index (χ1) is 21.2. The minimum absolute atomic E-state index is 0.0308. The van der Waals surface area contributed by atoms with E-state index >= 15 is 0 Å². The third-order valence-corrected chi connectivity index (χ3v) is 8.89. The van der Waals surface area contributed by atoms with Crippen molar-refractivity contribution in [1.29, 1.82) is 0 Å². The van der Waals surface area contributed by atoms with Crippen LogP contribution in [0.2, 0.25) is 0 Å². The summed E-state index contributed by atoms with van der Waals surface area (Å²) in [6.07, 6.45) is 8.91. The van der Waals surface area contributed by atoms with Crippen molar-refractivity contribution < 1.29 is 32.2 Å². The highest BCUT2D eigenvalue weighted by Crippen LogP contribution is 2.31. The number of aromatic nitrogens is 1. The third kappa shape index (κ3) is 6.89. The number of methoxy groups -OCH3 is 1. The van der Waals surface area contributed by atoms with Crippen LogP contribution >= 0.6 is 0 Å². The molecule has 0 bridgehead atoms. The molecule has 1 aliphatic carbocycles. The SMILES string of the molecule is CC=COc1ccccc1S(=O)(=O)NC(=O)c1ccc(Cc2cn(C)c3ccc(NC(=O)OC4CCCC4)cc23)c(OC)c1. The Labute approximate surface area is 256 Å². The van der Waals surface area contributed by atoms with Gasteiger partial charge in [0.25, 0.3) is 15.9 Å². The van der Waals surface area contributed by atoms with Crippen LogP contribution in [0.3, 0.4) is 0 Å². The zero-order valence-electron chi connectivity index (χ0n) is 24.8. The van der Waals surface area contributed by atoms with Gasteiger partial charge in [-0.2, -0.15) is 0 Å². The summed E-state index contributed by atoms with van der Waals surface area (Å²) in [5.41, 5.74) is 3.50. The molecule has 0 atom stereocenters. The van der Waals surface area contributed by atoms with Crippen LogP contribution < -0.4 is 19.5 Å². The molecule has 0 saturated heterocycles. The fourth-order valence-electron chi connectivity index (χ4n) is 5.38. The molecule has 1 saturated carbocycles. The average molecular weight is 618 g/mol.